The number of carbonyl (C=O) groups is 1. The number of anilines is 2. The average Bonchev–Trinajstić information content (AvgIpc) is 2.94. The van der Waals surface area contributed by atoms with Crippen molar-refractivity contribution in [1.82, 2.24) is 20.1 Å². The van der Waals surface area contributed by atoms with Crippen LogP contribution in [0.15, 0.2) is 53.5 Å². The van der Waals surface area contributed by atoms with Crippen molar-refractivity contribution in [3.63, 3.8) is 0 Å². The van der Waals surface area contributed by atoms with Crippen LogP contribution >= 0.6 is 0 Å². The number of hydrogen-bond acceptors (Lipinski definition) is 6. The minimum atomic E-state index is -4.91. The first-order valence-corrected chi connectivity index (χ1v) is 13.5. The number of amides is 1. The Morgan fingerprint density at radius 2 is 1.71 bits per heavy atom. The van der Waals surface area contributed by atoms with Crippen LogP contribution in [0.3, 0.4) is 0 Å². The number of benzene rings is 2. The summed E-state index contributed by atoms with van der Waals surface area (Å²) >= 11 is 0. The first-order chi connectivity index (χ1) is 19.6. The lowest BCUT2D eigenvalue weighted by molar-refractivity contribution is -0.138. The monoisotopic (exact) mass is 572 g/mol. The highest BCUT2D eigenvalue weighted by Gasteiger charge is 2.36. The molecule has 0 unspecified atom stereocenters. The fraction of sp³-hybridized carbons (Fsp3) is 0.379. The van der Waals surface area contributed by atoms with Gasteiger partial charge in [0.1, 0.15) is 5.82 Å². The molecule has 3 heterocycles. The zero-order valence-corrected chi connectivity index (χ0v) is 22.7. The van der Waals surface area contributed by atoms with Crippen LogP contribution in [0.4, 0.5) is 28.9 Å². The molecule has 3 aromatic rings. The van der Waals surface area contributed by atoms with Crippen molar-refractivity contribution in [3.05, 3.63) is 81.5 Å². The molecule has 5 rings (SSSR count). The number of nitrogens with zero attached hydrogens (tertiary/aromatic N) is 3. The summed E-state index contributed by atoms with van der Waals surface area (Å²) in [4.78, 5) is 33.4. The molecule has 2 aromatic carbocycles. The second-order valence-corrected chi connectivity index (χ2v) is 10.4. The van der Waals surface area contributed by atoms with Crippen molar-refractivity contribution in [3.8, 4) is 11.1 Å². The highest BCUT2D eigenvalue weighted by Crippen LogP contribution is 2.36. The van der Waals surface area contributed by atoms with Gasteiger partial charge in [-0.25, -0.2) is 4.39 Å². The van der Waals surface area contributed by atoms with Crippen molar-refractivity contribution < 1.29 is 22.4 Å². The van der Waals surface area contributed by atoms with Gasteiger partial charge in [-0.3, -0.25) is 14.5 Å². The van der Waals surface area contributed by atoms with E-state index in [0.29, 0.717) is 42.5 Å². The highest BCUT2D eigenvalue weighted by atomic mass is 19.4. The Balaban J connectivity index is 1.51. The Morgan fingerprint density at radius 3 is 2.41 bits per heavy atom. The predicted octanol–water partition coefficient (Wildman–Crippen LogP) is 3.61. The van der Waals surface area contributed by atoms with E-state index in [0.717, 1.165) is 51.0 Å². The molecule has 8 nitrogen and oxygen atoms in total. The van der Waals surface area contributed by atoms with Gasteiger partial charge in [0.05, 0.1) is 22.5 Å². The van der Waals surface area contributed by atoms with Crippen LogP contribution in [0.2, 0.25) is 0 Å². The maximum Gasteiger partial charge on any atom is 0.417 e. The Hall–Kier alpha value is -3.74. The lowest BCUT2D eigenvalue weighted by Gasteiger charge is -2.35. The summed E-state index contributed by atoms with van der Waals surface area (Å²) in [7, 11) is 1.99. The molecule has 0 saturated carbocycles. The van der Waals surface area contributed by atoms with E-state index in [2.05, 4.69) is 25.4 Å². The molecule has 1 amide bonds. The minimum Gasteiger partial charge on any atom is -0.367 e. The molecule has 2 saturated heterocycles. The standard InChI is InChI=1S/C29H32F4N6O2/c1-37-10-12-39(13-11-37)26-5-3-20(21-14-19(2-4-24(21)30)18-38-8-6-34-7-9-38)15-25(26)36-28(41)22-17-35-27(40)16-23(22)29(31,32)33/h2-5,14-17,34H,6-13,18H2,1H3,(H,35,40)(H,36,41). The number of H-pyrrole nitrogens is 1. The fourth-order valence-corrected chi connectivity index (χ4v) is 5.23. The molecular formula is C29H32F4N6O2. The topological polar surface area (TPSA) is 83.7 Å². The smallest absolute Gasteiger partial charge is 0.367 e. The lowest BCUT2D eigenvalue weighted by atomic mass is 10.00. The molecule has 2 aliphatic heterocycles. The van der Waals surface area contributed by atoms with Gasteiger partial charge in [-0.15, -0.1) is 0 Å². The molecule has 0 aliphatic carbocycles. The number of halogens is 4. The Morgan fingerprint density at radius 1 is 0.976 bits per heavy atom. The summed E-state index contributed by atoms with van der Waals surface area (Å²) < 4.78 is 56.2. The second-order valence-electron chi connectivity index (χ2n) is 10.4. The summed E-state index contributed by atoms with van der Waals surface area (Å²) in [5.41, 5.74) is -0.397. The third-order valence-electron chi connectivity index (χ3n) is 7.52. The number of pyridine rings is 1. The van der Waals surface area contributed by atoms with Gasteiger partial charge >= 0.3 is 6.18 Å². The number of aromatic amines is 1. The van der Waals surface area contributed by atoms with Crippen LogP contribution in [0.1, 0.15) is 21.5 Å². The summed E-state index contributed by atoms with van der Waals surface area (Å²) in [6.45, 7) is 6.99. The lowest BCUT2D eigenvalue weighted by Crippen LogP contribution is -2.44. The maximum atomic E-state index is 15.1. The van der Waals surface area contributed by atoms with Gasteiger partial charge < -0.3 is 25.4 Å². The quantitative estimate of drug-likeness (QED) is 0.392. The Bertz CT molecular complexity index is 1460. The van der Waals surface area contributed by atoms with Crippen LogP contribution < -0.4 is 21.1 Å². The van der Waals surface area contributed by atoms with Gasteiger partial charge in [0.15, 0.2) is 0 Å². The molecule has 12 heteroatoms. The van der Waals surface area contributed by atoms with E-state index < -0.39 is 34.6 Å². The predicted molar refractivity (Wildman–Crippen MR) is 150 cm³/mol. The van der Waals surface area contributed by atoms with Crippen LogP contribution in [-0.2, 0) is 12.7 Å². The summed E-state index contributed by atoms with van der Waals surface area (Å²) in [6, 6.07) is 10.4. The number of hydrogen-bond donors (Lipinski definition) is 3. The van der Waals surface area contributed by atoms with Gasteiger partial charge in [0.2, 0.25) is 5.56 Å². The van der Waals surface area contributed by atoms with Gasteiger partial charge in [-0.2, -0.15) is 13.2 Å². The molecule has 218 valence electrons. The van der Waals surface area contributed by atoms with Crippen LogP contribution in [0.25, 0.3) is 11.1 Å². The van der Waals surface area contributed by atoms with E-state index in [1.807, 2.05) is 11.9 Å². The molecule has 1 aromatic heterocycles. The second kappa shape index (κ2) is 12.0. The number of nitrogens with one attached hydrogen (secondary N) is 3. The first kappa shape index (κ1) is 28.8. The normalized spacial score (nSPS) is 17.0. The van der Waals surface area contributed by atoms with E-state index >= 15 is 4.39 Å². The molecule has 3 N–H and O–H groups in total. The number of carbonyl (C=O) groups excluding carboxylic acids is 1. The molecule has 2 aliphatic rings. The van der Waals surface area contributed by atoms with Crippen molar-refractivity contribution in [2.45, 2.75) is 12.7 Å². The highest BCUT2D eigenvalue weighted by molar-refractivity contribution is 6.07. The molecule has 2 fully saturated rings. The zero-order chi connectivity index (χ0) is 29.1. The fourth-order valence-electron chi connectivity index (χ4n) is 5.23. The van der Waals surface area contributed by atoms with Crippen molar-refractivity contribution in [2.75, 3.05) is 69.6 Å². The van der Waals surface area contributed by atoms with E-state index in [1.165, 1.54) is 6.07 Å². The van der Waals surface area contributed by atoms with Crippen LogP contribution in [0.5, 0.6) is 0 Å². The minimum absolute atomic E-state index is 0.253. The Labute approximate surface area is 234 Å². The summed E-state index contributed by atoms with van der Waals surface area (Å²) in [5, 5.41) is 5.93. The maximum absolute atomic E-state index is 15.1. The van der Waals surface area contributed by atoms with Crippen LogP contribution in [-0.4, -0.2) is 80.1 Å². The van der Waals surface area contributed by atoms with Crippen molar-refractivity contribution in [2.24, 2.45) is 0 Å². The largest absolute Gasteiger partial charge is 0.417 e. The van der Waals surface area contributed by atoms with Gasteiger partial charge in [0.25, 0.3) is 5.91 Å². The van der Waals surface area contributed by atoms with Gasteiger partial charge in [-0.05, 0) is 42.4 Å². The molecular weight excluding hydrogens is 540 g/mol. The van der Waals surface area contributed by atoms with Crippen molar-refractivity contribution in [1.29, 1.82) is 0 Å². The zero-order valence-electron chi connectivity index (χ0n) is 22.7. The van der Waals surface area contributed by atoms with E-state index in [-0.39, 0.29) is 5.69 Å². The average molecular weight is 573 g/mol. The van der Waals surface area contributed by atoms with Crippen molar-refractivity contribution >= 4 is 17.3 Å². The Kier molecular flexibility index (Phi) is 8.43. The number of likely N-dealkylation sites (N-methyl/N-ethyl adjacent to an activating group) is 1. The molecule has 0 bridgehead atoms. The summed E-state index contributed by atoms with van der Waals surface area (Å²) in [6.07, 6.45) is -4.14. The van der Waals surface area contributed by atoms with Gasteiger partial charge in [0, 0.05) is 76.7 Å². The van der Waals surface area contributed by atoms with E-state index in [9.17, 15) is 22.8 Å². The number of rotatable bonds is 6. The van der Waals surface area contributed by atoms with Gasteiger partial charge in [-0.1, -0.05) is 12.1 Å². The van der Waals surface area contributed by atoms with E-state index in [1.54, 1.807) is 30.3 Å². The molecule has 0 radical (unpaired) electrons. The van der Waals surface area contributed by atoms with Crippen LogP contribution in [0, 0.1) is 5.82 Å². The number of piperazine rings is 2. The SMILES string of the molecule is CN1CCN(c2ccc(-c3cc(CN4CCNCC4)ccc3F)cc2NC(=O)c2c[nH]c(=O)cc2C(F)(F)F)CC1. The molecule has 41 heavy (non-hydrogen) atoms. The third kappa shape index (κ3) is 6.77. The molecule has 0 atom stereocenters. The number of alkyl halides is 3. The first-order valence-electron chi connectivity index (χ1n) is 13.5. The molecule has 0 spiro atoms. The summed E-state index contributed by atoms with van der Waals surface area (Å²) in [5.74, 6) is -1.48. The third-order valence-corrected chi connectivity index (χ3v) is 7.52. The van der Waals surface area contributed by atoms with E-state index in [4.69, 9.17) is 0 Å². The number of aromatic nitrogens is 1.